The highest BCUT2D eigenvalue weighted by Gasteiger charge is 2.63. The summed E-state index contributed by atoms with van der Waals surface area (Å²) in [6, 6.07) is 4.84. The number of hydrogen-bond acceptors (Lipinski definition) is 1. The second-order valence-corrected chi connectivity index (χ2v) is 6.80. The highest BCUT2D eigenvalue weighted by Crippen LogP contribution is 2.67. The van der Waals surface area contributed by atoms with E-state index in [1.165, 1.54) is 6.07 Å². The van der Waals surface area contributed by atoms with Crippen molar-refractivity contribution in [1.29, 1.82) is 0 Å². The van der Waals surface area contributed by atoms with Crippen LogP contribution in [0.3, 0.4) is 0 Å². The van der Waals surface area contributed by atoms with Crippen LogP contribution in [0.5, 0.6) is 0 Å². The lowest BCUT2D eigenvalue weighted by atomic mass is 10.0. The summed E-state index contributed by atoms with van der Waals surface area (Å²) in [6.45, 7) is 10.7. The summed E-state index contributed by atoms with van der Waals surface area (Å²) >= 11 is 5.73. The molecule has 1 aromatic rings. The highest BCUT2D eigenvalue weighted by molar-refractivity contribution is 6.30. The number of halogens is 2. The largest absolute Gasteiger partial charge is 0.312 e. The van der Waals surface area contributed by atoms with Gasteiger partial charge in [0.05, 0.1) is 0 Å². The lowest BCUT2D eigenvalue weighted by molar-refractivity contribution is 0.457. The molecule has 0 amide bonds. The van der Waals surface area contributed by atoms with Crippen molar-refractivity contribution in [3.05, 3.63) is 34.6 Å². The number of benzene rings is 1. The van der Waals surface area contributed by atoms with Crippen LogP contribution >= 0.6 is 11.6 Å². The molecule has 0 unspecified atom stereocenters. The van der Waals surface area contributed by atoms with E-state index >= 15 is 0 Å². The van der Waals surface area contributed by atoms with Crippen LogP contribution in [0.1, 0.15) is 33.3 Å². The molecule has 0 bridgehead atoms. The van der Waals surface area contributed by atoms with Gasteiger partial charge in [0.2, 0.25) is 0 Å². The van der Waals surface area contributed by atoms with E-state index in [0.29, 0.717) is 33.9 Å². The molecule has 0 heterocycles. The molecule has 0 saturated heterocycles. The molecule has 1 aliphatic carbocycles. The van der Waals surface area contributed by atoms with Gasteiger partial charge in [-0.1, -0.05) is 45.4 Å². The summed E-state index contributed by atoms with van der Waals surface area (Å²) in [5, 5.41) is 3.80. The minimum Gasteiger partial charge on any atom is -0.312 e. The van der Waals surface area contributed by atoms with Gasteiger partial charge in [0.1, 0.15) is 5.82 Å². The maximum absolute atomic E-state index is 13.6. The molecule has 1 aliphatic rings. The molecule has 0 aliphatic heterocycles. The fourth-order valence-corrected chi connectivity index (χ4v) is 3.02. The molecular weight excluding hydrogens is 249 g/mol. The Bertz CT molecular complexity index is 440. The minimum absolute atomic E-state index is 0.232. The van der Waals surface area contributed by atoms with Crippen molar-refractivity contribution in [1.82, 2.24) is 5.32 Å². The predicted molar refractivity (Wildman–Crippen MR) is 74.2 cm³/mol. The van der Waals surface area contributed by atoms with Crippen LogP contribution in [-0.4, -0.2) is 6.54 Å². The van der Waals surface area contributed by atoms with Crippen molar-refractivity contribution in [2.24, 2.45) is 16.7 Å². The van der Waals surface area contributed by atoms with E-state index in [2.05, 4.69) is 33.0 Å². The van der Waals surface area contributed by atoms with E-state index in [-0.39, 0.29) is 5.82 Å². The first-order valence-electron chi connectivity index (χ1n) is 6.41. The van der Waals surface area contributed by atoms with Crippen molar-refractivity contribution < 1.29 is 4.39 Å². The first kappa shape index (κ1) is 13.8. The molecule has 1 nitrogen and oxygen atoms in total. The predicted octanol–water partition coefficient (Wildman–Crippen LogP) is 4.25. The molecule has 3 heteroatoms. The molecule has 0 spiro atoms. The van der Waals surface area contributed by atoms with Gasteiger partial charge in [0, 0.05) is 17.1 Å². The van der Waals surface area contributed by atoms with Crippen LogP contribution in [0, 0.1) is 22.6 Å². The van der Waals surface area contributed by atoms with Gasteiger partial charge in [-0.05, 0) is 35.4 Å². The van der Waals surface area contributed by atoms with Gasteiger partial charge < -0.3 is 5.32 Å². The Hall–Kier alpha value is -0.600. The van der Waals surface area contributed by atoms with Gasteiger partial charge in [0.25, 0.3) is 0 Å². The smallest absolute Gasteiger partial charge is 0.129 e. The Morgan fingerprint density at radius 1 is 1.22 bits per heavy atom. The average Bonchev–Trinajstić information content (AvgIpc) is 2.63. The van der Waals surface area contributed by atoms with Crippen LogP contribution in [0.2, 0.25) is 5.02 Å². The van der Waals surface area contributed by atoms with Gasteiger partial charge in [-0.2, -0.15) is 0 Å². The highest BCUT2D eigenvalue weighted by atomic mass is 35.5. The molecule has 1 N–H and O–H groups in total. The van der Waals surface area contributed by atoms with Gasteiger partial charge in [-0.15, -0.1) is 0 Å². The van der Waals surface area contributed by atoms with E-state index in [4.69, 9.17) is 11.6 Å². The van der Waals surface area contributed by atoms with Crippen molar-refractivity contribution in [3.8, 4) is 0 Å². The standard InChI is InChI=1S/C15H21ClFN/c1-14(2)13(15(14,3)4)9-18-8-10-5-6-11(16)7-12(10)17/h5-7,13,18H,8-9H2,1-4H3. The van der Waals surface area contributed by atoms with Crippen LogP contribution < -0.4 is 5.32 Å². The minimum atomic E-state index is -0.232. The summed E-state index contributed by atoms with van der Waals surface area (Å²) in [4.78, 5) is 0. The maximum atomic E-state index is 13.6. The second-order valence-electron chi connectivity index (χ2n) is 6.36. The van der Waals surface area contributed by atoms with E-state index in [0.717, 1.165) is 6.54 Å². The molecule has 1 aromatic carbocycles. The molecular formula is C15H21ClFN. The Balaban J connectivity index is 1.87. The summed E-state index contributed by atoms with van der Waals surface area (Å²) in [7, 11) is 0. The number of nitrogens with one attached hydrogen (secondary N) is 1. The zero-order valence-electron chi connectivity index (χ0n) is 11.5. The van der Waals surface area contributed by atoms with Crippen LogP contribution in [-0.2, 0) is 6.54 Å². The monoisotopic (exact) mass is 269 g/mol. The van der Waals surface area contributed by atoms with Crippen molar-refractivity contribution >= 4 is 11.6 Å². The Morgan fingerprint density at radius 2 is 1.83 bits per heavy atom. The molecule has 0 aromatic heterocycles. The Morgan fingerprint density at radius 3 is 2.33 bits per heavy atom. The molecule has 100 valence electrons. The lowest BCUT2D eigenvalue weighted by Gasteiger charge is -2.07. The number of hydrogen-bond donors (Lipinski definition) is 1. The topological polar surface area (TPSA) is 12.0 Å². The first-order valence-corrected chi connectivity index (χ1v) is 6.79. The van der Waals surface area contributed by atoms with Crippen LogP contribution in [0.15, 0.2) is 18.2 Å². The molecule has 2 rings (SSSR count). The van der Waals surface area contributed by atoms with E-state index < -0.39 is 0 Å². The Kier molecular flexibility index (Phi) is 3.46. The molecule has 0 radical (unpaired) electrons. The summed E-state index contributed by atoms with van der Waals surface area (Å²) < 4.78 is 13.6. The lowest BCUT2D eigenvalue weighted by Crippen LogP contribution is -2.19. The summed E-state index contributed by atoms with van der Waals surface area (Å²) in [6.07, 6.45) is 0. The number of rotatable bonds is 4. The second kappa shape index (κ2) is 4.50. The van der Waals surface area contributed by atoms with Gasteiger partial charge in [-0.25, -0.2) is 4.39 Å². The van der Waals surface area contributed by atoms with Gasteiger partial charge in [0.15, 0.2) is 0 Å². The maximum Gasteiger partial charge on any atom is 0.129 e. The Labute approximate surface area is 114 Å². The van der Waals surface area contributed by atoms with E-state index in [1.54, 1.807) is 12.1 Å². The van der Waals surface area contributed by atoms with Gasteiger partial charge in [-0.3, -0.25) is 0 Å². The fourth-order valence-electron chi connectivity index (χ4n) is 2.86. The average molecular weight is 270 g/mol. The molecule has 18 heavy (non-hydrogen) atoms. The quantitative estimate of drug-likeness (QED) is 0.862. The summed E-state index contributed by atoms with van der Waals surface area (Å²) in [5.41, 5.74) is 1.42. The third kappa shape index (κ3) is 2.28. The van der Waals surface area contributed by atoms with Crippen LogP contribution in [0.25, 0.3) is 0 Å². The fraction of sp³-hybridized carbons (Fsp3) is 0.600. The van der Waals surface area contributed by atoms with Gasteiger partial charge >= 0.3 is 0 Å². The molecule has 0 atom stereocenters. The molecule has 1 saturated carbocycles. The van der Waals surface area contributed by atoms with Crippen molar-refractivity contribution in [2.45, 2.75) is 34.2 Å². The van der Waals surface area contributed by atoms with Crippen LogP contribution in [0.4, 0.5) is 4.39 Å². The zero-order chi connectivity index (χ0) is 13.6. The third-order valence-electron chi connectivity index (χ3n) is 5.00. The first-order chi connectivity index (χ1) is 8.26. The zero-order valence-corrected chi connectivity index (χ0v) is 12.2. The van der Waals surface area contributed by atoms with E-state index in [1.807, 2.05) is 0 Å². The van der Waals surface area contributed by atoms with E-state index in [9.17, 15) is 4.39 Å². The normalized spacial score (nSPS) is 21.0. The third-order valence-corrected chi connectivity index (χ3v) is 5.23. The van der Waals surface area contributed by atoms with Crippen molar-refractivity contribution in [3.63, 3.8) is 0 Å². The van der Waals surface area contributed by atoms with Crippen molar-refractivity contribution in [2.75, 3.05) is 6.54 Å². The molecule has 1 fully saturated rings. The SMILES string of the molecule is CC1(C)C(CNCc2ccc(Cl)cc2F)C1(C)C. The summed E-state index contributed by atoms with van der Waals surface area (Å²) in [5.74, 6) is 0.421.